The second-order valence-corrected chi connectivity index (χ2v) is 9.43. The third-order valence-electron chi connectivity index (χ3n) is 7.98. The van der Waals surface area contributed by atoms with Gasteiger partial charge in [0, 0.05) is 23.7 Å². The summed E-state index contributed by atoms with van der Waals surface area (Å²) in [6.45, 7) is 0. The predicted molar refractivity (Wildman–Crippen MR) is 122 cm³/mol. The molecule has 4 aromatic carbocycles. The Balaban J connectivity index is 1.63. The average Bonchev–Trinajstić information content (AvgIpc) is 2.84. The van der Waals surface area contributed by atoms with E-state index >= 15 is 0 Å². The standard InChI is InChI=1S/C30H20O4/c31-29(32)15-9-11-21-23(13-15)27-19-7-3-1-5-17(19)25(21)26-18-6-2-4-8-20(18)28(27)24-14-16(30(33)34)10-12-22(24)26/h1-14,25-28H,(H,31,32)(H,33,34)/p-2/t25-,26+,27+,28-. The highest BCUT2D eigenvalue weighted by Crippen LogP contribution is 2.63. The summed E-state index contributed by atoms with van der Waals surface area (Å²) in [4.78, 5) is 23.6. The van der Waals surface area contributed by atoms with Gasteiger partial charge in [-0.1, -0.05) is 72.8 Å². The van der Waals surface area contributed by atoms with E-state index < -0.39 is 11.9 Å². The number of carboxylic acids is 2. The Labute approximate surface area is 196 Å². The maximum absolute atomic E-state index is 11.8. The molecule has 4 atom stereocenters. The minimum Gasteiger partial charge on any atom is -0.545 e. The molecule has 0 saturated carbocycles. The third-order valence-corrected chi connectivity index (χ3v) is 7.98. The van der Waals surface area contributed by atoms with Crippen molar-refractivity contribution in [3.8, 4) is 0 Å². The van der Waals surface area contributed by atoms with Crippen LogP contribution in [0, 0.1) is 0 Å². The third kappa shape index (κ3) is 2.37. The average molecular weight is 442 g/mol. The van der Waals surface area contributed by atoms with Crippen molar-refractivity contribution in [1.82, 2.24) is 0 Å². The molecule has 0 amide bonds. The molecule has 0 fully saturated rings. The molecule has 10 rings (SSSR count). The van der Waals surface area contributed by atoms with Gasteiger partial charge in [-0.3, -0.25) is 0 Å². The maximum Gasteiger partial charge on any atom is 0.0715 e. The molecule has 0 N–H and O–H groups in total. The van der Waals surface area contributed by atoms with Crippen molar-refractivity contribution in [3.05, 3.63) is 141 Å². The van der Waals surface area contributed by atoms with Crippen molar-refractivity contribution in [2.24, 2.45) is 0 Å². The highest BCUT2D eigenvalue weighted by atomic mass is 16.4. The van der Waals surface area contributed by atoms with Crippen LogP contribution in [-0.2, 0) is 0 Å². The van der Waals surface area contributed by atoms with Crippen LogP contribution in [0.1, 0.15) is 88.9 Å². The lowest BCUT2D eigenvalue weighted by atomic mass is 9.53. The molecule has 0 aliphatic heterocycles. The summed E-state index contributed by atoms with van der Waals surface area (Å²) in [5.41, 5.74) is 9.40. The van der Waals surface area contributed by atoms with Crippen LogP contribution < -0.4 is 10.2 Å². The van der Waals surface area contributed by atoms with E-state index in [1.165, 1.54) is 22.3 Å². The summed E-state index contributed by atoms with van der Waals surface area (Å²) in [5.74, 6) is -2.74. The molecular weight excluding hydrogens is 424 g/mol. The molecule has 34 heavy (non-hydrogen) atoms. The summed E-state index contributed by atoms with van der Waals surface area (Å²) in [7, 11) is 0. The predicted octanol–water partition coefficient (Wildman–Crippen LogP) is 3.28. The summed E-state index contributed by atoms with van der Waals surface area (Å²) in [5, 5.41) is 23.6. The van der Waals surface area contributed by atoms with E-state index in [4.69, 9.17) is 0 Å². The highest BCUT2D eigenvalue weighted by molar-refractivity contribution is 5.88. The Kier molecular flexibility index (Phi) is 3.79. The van der Waals surface area contributed by atoms with Gasteiger partial charge in [0.25, 0.3) is 0 Å². The van der Waals surface area contributed by atoms with E-state index in [9.17, 15) is 19.8 Å². The monoisotopic (exact) mass is 442 g/mol. The number of rotatable bonds is 2. The first-order valence-corrected chi connectivity index (χ1v) is 11.4. The Morgan fingerprint density at radius 3 is 1.06 bits per heavy atom. The van der Waals surface area contributed by atoms with Crippen LogP contribution in [0.5, 0.6) is 0 Å². The van der Waals surface area contributed by atoms with Crippen LogP contribution in [-0.4, -0.2) is 11.9 Å². The van der Waals surface area contributed by atoms with Crippen LogP contribution in [0.25, 0.3) is 0 Å². The minimum atomic E-state index is -1.20. The molecule has 0 heterocycles. The SMILES string of the molecule is O=C([O-])c1ccc2c(c1)[C@H]1c3ccccc3[C@@H]2[C@@H]2c3ccccc3[C@H]1c1cc(C(=O)[O-])ccc12. The number of hydrogen-bond acceptors (Lipinski definition) is 4. The van der Waals surface area contributed by atoms with Crippen molar-refractivity contribution in [2.75, 3.05) is 0 Å². The van der Waals surface area contributed by atoms with Crippen molar-refractivity contribution in [1.29, 1.82) is 0 Å². The van der Waals surface area contributed by atoms with Crippen molar-refractivity contribution >= 4 is 11.9 Å². The number of benzene rings is 4. The van der Waals surface area contributed by atoms with Gasteiger partial charge in [0.15, 0.2) is 0 Å². The Morgan fingerprint density at radius 2 is 0.735 bits per heavy atom. The van der Waals surface area contributed by atoms with Gasteiger partial charge >= 0.3 is 0 Å². The summed E-state index contributed by atoms with van der Waals surface area (Å²) in [6, 6.07) is 27.5. The molecule has 4 bridgehead atoms. The minimum absolute atomic E-state index is 0.0202. The molecule has 4 aromatic rings. The molecule has 0 aromatic heterocycles. The van der Waals surface area contributed by atoms with E-state index in [1.54, 1.807) is 24.3 Å². The van der Waals surface area contributed by atoms with Crippen molar-refractivity contribution in [2.45, 2.75) is 23.7 Å². The summed E-state index contributed by atoms with van der Waals surface area (Å²) in [6.07, 6.45) is 0. The fourth-order valence-electron chi connectivity index (χ4n) is 6.77. The molecule has 0 spiro atoms. The molecule has 164 valence electrons. The first-order chi connectivity index (χ1) is 16.5. The Hall–Kier alpha value is -4.18. The first kappa shape index (κ1) is 19.3. The smallest absolute Gasteiger partial charge is 0.0715 e. The van der Waals surface area contributed by atoms with Crippen molar-refractivity contribution in [3.63, 3.8) is 0 Å². The second kappa shape index (κ2) is 6.67. The lowest BCUT2D eigenvalue weighted by molar-refractivity contribution is -0.256. The van der Waals surface area contributed by atoms with Crippen LogP contribution in [0.15, 0.2) is 84.9 Å². The molecule has 6 aliphatic rings. The molecule has 0 saturated heterocycles. The largest absolute Gasteiger partial charge is 0.545 e. The van der Waals surface area contributed by atoms with Gasteiger partial charge in [-0.25, -0.2) is 0 Å². The lowest BCUT2D eigenvalue weighted by Gasteiger charge is -2.50. The van der Waals surface area contributed by atoms with E-state index in [0.717, 1.165) is 22.3 Å². The maximum atomic E-state index is 11.8. The van der Waals surface area contributed by atoms with Gasteiger partial charge in [0.05, 0.1) is 11.9 Å². The molecule has 6 aliphatic carbocycles. The first-order valence-electron chi connectivity index (χ1n) is 11.4. The van der Waals surface area contributed by atoms with Crippen LogP contribution in [0.4, 0.5) is 0 Å². The van der Waals surface area contributed by atoms with E-state index in [0.29, 0.717) is 0 Å². The van der Waals surface area contributed by atoms with Gasteiger partial charge in [-0.2, -0.15) is 0 Å². The number of carbonyl (C=O) groups is 2. The summed E-state index contributed by atoms with van der Waals surface area (Å²) < 4.78 is 0. The molecule has 4 nitrogen and oxygen atoms in total. The highest BCUT2D eigenvalue weighted by Gasteiger charge is 2.49. The quantitative estimate of drug-likeness (QED) is 0.477. The Bertz CT molecular complexity index is 1430. The Morgan fingerprint density at radius 1 is 0.441 bits per heavy atom. The molecular formula is C30H18O4-2. The lowest BCUT2D eigenvalue weighted by Crippen LogP contribution is -2.36. The van der Waals surface area contributed by atoms with Crippen LogP contribution in [0.3, 0.4) is 0 Å². The van der Waals surface area contributed by atoms with Gasteiger partial charge in [0.2, 0.25) is 0 Å². The molecule has 4 heteroatoms. The zero-order chi connectivity index (χ0) is 23.1. The van der Waals surface area contributed by atoms with E-state index in [-0.39, 0.29) is 34.8 Å². The topological polar surface area (TPSA) is 80.3 Å². The van der Waals surface area contributed by atoms with Crippen molar-refractivity contribution < 1.29 is 19.8 Å². The zero-order valence-electron chi connectivity index (χ0n) is 18.0. The van der Waals surface area contributed by atoms with Crippen LogP contribution >= 0.6 is 0 Å². The number of hydrogen-bond donors (Lipinski definition) is 0. The molecule has 0 radical (unpaired) electrons. The van der Waals surface area contributed by atoms with Gasteiger partial charge in [-0.15, -0.1) is 0 Å². The van der Waals surface area contributed by atoms with E-state index in [2.05, 4.69) is 36.4 Å². The van der Waals surface area contributed by atoms with E-state index in [1.807, 2.05) is 24.3 Å². The normalized spacial score (nSPS) is 22.6. The number of carboxylic acid groups (broad SMARTS) is 2. The zero-order valence-corrected chi connectivity index (χ0v) is 18.0. The van der Waals surface area contributed by atoms with Crippen LogP contribution in [0.2, 0.25) is 0 Å². The second-order valence-electron chi connectivity index (χ2n) is 9.43. The fourth-order valence-corrected chi connectivity index (χ4v) is 6.77. The van der Waals surface area contributed by atoms with Gasteiger partial charge < -0.3 is 19.8 Å². The van der Waals surface area contributed by atoms with Gasteiger partial charge in [0.1, 0.15) is 0 Å². The number of carbonyl (C=O) groups excluding carboxylic acids is 2. The fraction of sp³-hybridized carbons (Fsp3) is 0.133. The van der Waals surface area contributed by atoms with Gasteiger partial charge in [-0.05, 0) is 67.8 Å². The summed E-state index contributed by atoms with van der Waals surface area (Å²) >= 11 is 0. The number of aromatic carboxylic acids is 2. The molecule has 0 unspecified atom stereocenters.